The maximum atomic E-state index is 13.2. The first kappa shape index (κ1) is 23.6. The van der Waals surface area contributed by atoms with Crippen LogP contribution in [-0.4, -0.2) is 53.7 Å². The Labute approximate surface area is 182 Å². The van der Waals surface area contributed by atoms with Gasteiger partial charge in [-0.05, 0) is 62.0 Å². The predicted octanol–water partition coefficient (Wildman–Crippen LogP) is 2.75. The van der Waals surface area contributed by atoms with Gasteiger partial charge in [0.05, 0.1) is 17.9 Å². The molecule has 29 heavy (non-hydrogen) atoms. The van der Waals surface area contributed by atoms with Gasteiger partial charge in [0.15, 0.2) is 0 Å². The average molecular weight is 444 g/mol. The highest BCUT2D eigenvalue weighted by atomic mass is 35.5. The van der Waals surface area contributed by atoms with Crippen molar-refractivity contribution in [3.05, 3.63) is 41.8 Å². The molecular formula is C20H28Cl2FN5O. The van der Waals surface area contributed by atoms with Crippen molar-refractivity contribution < 1.29 is 9.18 Å². The zero-order chi connectivity index (χ0) is 18.9. The third-order valence-electron chi connectivity index (χ3n) is 5.96. The number of halogens is 3. The van der Waals surface area contributed by atoms with Gasteiger partial charge in [-0.2, -0.15) is 5.10 Å². The second kappa shape index (κ2) is 9.89. The Morgan fingerprint density at radius 2 is 1.93 bits per heavy atom. The van der Waals surface area contributed by atoms with Crippen molar-refractivity contribution in [3.8, 4) is 11.3 Å². The number of benzene rings is 1. The number of amides is 1. The molecule has 3 heterocycles. The molecule has 1 atom stereocenters. The standard InChI is InChI=1S/C20H26FN5O.2ClH/c1-26(19(27)17-10-20(13-23-17)6-8-22-9-7-20)12-15-11-24-25-18(15)14-2-4-16(21)5-3-14;;/h2-5,11,17,22-23H,6-10,12-13H2,1H3,(H,24,25);2*1H. The number of aromatic nitrogens is 2. The molecule has 0 radical (unpaired) electrons. The van der Waals surface area contributed by atoms with E-state index in [0.29, 0.717) is 6.54 Å². The van der Waals surface area contributed by atoms with Crippen molar-refractivity contribution in [1.82, 2.24) is 25.7 Å². The molecule has 1 aromatic heterocycles. The molecule has 6 nitrogen and oxygen atoms in total. The largest absolute Gasteiger partial charge is 0.340 e. The van der Waals surface area contributed by atoms with Gasteiger partial charge in [0.1, 0.15) is 5.82 Å². The van der Waals surface area contributed by atoms with E-state index in [1.807, 2.05) is 7.05 Å². The summed E-state index contributed by atoms with van der Waals surface area (Å²) in [7, 11) is 1.83. The summed E-state index contributed by atoms with van der Waals surface area (Å²) in [5.41, 5.74) is 2.87. The smallest absolute Gasteiger partial charge is 0.239 e. The van der Waals surface area contributed by atoms with E-state index >= 15 is 0 Å². The summed E-state index contributed by atoms with van der Waals surface area (Å²) in [5.74, 6) is -0.150. The van der Waals surface area contributed by atoms with Gasteiger partial charge in [-0.15, -0.1) is 24.8 Å². The second-order valence-electron chi connectivity index (χ2n) is 7.86. The zero-order valence-electron chi connectivity index (χ0n) is 16.4. The van der Waals surface area contributed by atoms with E-state index in [4.69, 9.17) is 0 Å². The SMILES string of the molecule is CN(Cc1cn[nH]c1-c1ccc(F)cc1)C(=O)C1CC2(CCNCC2)CN1.Cl.Cl. The van der Waals surface area contributed by atoms with E-state index in [9.17, 15) is 9.18 Å². The van der Waals surface area contributed by atoms with Crippen LogP contribution in [0.3, 0.4) is 0 Å². The number of piperidine rings is 1. The maximum absolute atomic E-state index is 13.2. The van der Waals surface area contributed by atoms with Crippen LogP contribution in [0, 0.1) is 11.2 Å². The van der Waals surface area contributed by atoms with Crippen LogP contribution >= 0.6 is 24.8 Å². The van der Waals surface area contributed by atoms with Crippen LogP contribution in [-0.2, 0) is 11.3 Å². The molecule has 1 unspecified atom stereocenters. The topological polar surface area (TPSA) is 73.0 Å². The highest BCUT2D eigenvalue weighted by molar-refractivity contribution is 5.85. The summed E-state index contributed by atoms with van der Waals surface area (Å²) >= 11 is 0. The number of aromatic amines is 1. The molecule has 0 saturated carbocycles. The second-order valence-corrected chi connectivity index (χ2v) is 7.86. The first-order valence-corrected chi connectivity index (χ1v) is 9.54. The molecule has 0 aliphatic carbocycles. The molecule has 3 N–H and O–H groups in total. The van der Waals surface area contributed by atoms with Crippen molar-refractivity contribution in [2.75, 3.05) is 26.7 Å². The normalized spacial score (nSPS) is 20.0. The minimum absolute atomic E-state index is 0. The Morgan fingerprint density at radius 3 is 2.62 bits per heavy atom. The van der Waals surface area contributed by atoms with Crippen molar-refractivity contribution in [2.45, 2.75) is 31.8 Å². The van der Waals surface area contributed by atoms with E-state index < -0.39 is 0 Å². The molecule has 2 saturated heterocycles. The molecule has 2 fully saturated rings. The van der Waals surface area contributed by atoms with Gasteiger partial charge in [0.25, 0.3) is 0 Å². The Kier molecular flexibility index (Phi) is 8.05. The molecule has 9 heteroatoms. The molecule has 2 aromatic rings. The lowest BCUT2D eigenvalue weighted by Crippen LogP contribution is -2.41. The predicted molar refractivity (Wildman–Crippen MR) is 116 cm³/mol. The summed E-state index contributed by atoms with van der Waals surface area (Å²) < 4.78 is 13.2. The van der Waals surface area contributed by atoms with Crippen LogP contribution in [0.5, 0.6) is 0 Å². The highest BCUT2D eigenvalue weighted by Gasteiger charge is 2.42. The van der Waals surface area contributed by atoms with E-state index in [0.717, 1.165) is 55.7 Å². The monoisotopic (exact) mass is 443 g/mol. The van der Waals surface area contributed by atoms with Gasteiger partial charge >= 0.3 is 0 Å². The third-order valence-corrected chi connectivity index (χ3v) is 5.96. The third kappa shape index (κ3) is 5.09. The van der Waals surface area contributed by atoms with Gasteiger partial charge < -0.3 is 15.5 Å². The minimum atomic E-state index is -0.272. The number of nitrogens with one attached hydrogen (secondary N) is 3. The Balaban J connectivity index is 0.00000150. The number of rotatable bonds is 4. The number of H-pyrrole nitrogens is 1. The van der Waals surface area contributed by atoms with Crippen LogP contribution < -0.4 is 10.6 Å². The fourth-order valence-electron chi connectivity index (χ4n) is 4.33. The number of hydrogen-bond acceptors (Lipinski definition) is 4. The van der Waals surface area contributed by atoms with Crippen LogP contribution in [0.2, 0.25) is 0 Å². The van der Waals surface area contributed by atoms with Crippen LogP contribution in [0.15, 0.2) is 30.5 Å². The lowest BCUT2D eigenvalue weighted by atomic mass is 9.77. The van der Waals surface area contributed by atoms with Gasteiger partial charge in [0, 0.05) is 31.3 Å². The Bertz CT molecular complexity index is 807. The summed E-state index contributed by atoms with van der Waals surface area (Å²) in [5, 5.41) is 13.9. The Morgan fingerprint density at radius 1 is 1.24 bits per heavy atom. The minimum Gasteiger partial charge on any atom is -0.340 e. The number of likely N-dealkylation sites (N-methyl/N-ethyl adjacent to an activating group) is 1. The first-order valence-electron chi connectivity index (χ1n) is 9.54. The summed E-state index contributed by atoms with van der Waals surface area (Å²) in [6, 6.07) is 6.17. The number of hydrogen-bond donors (Lipinski definition) is 3. The first-order chi connectivity index (χ1) is 13.1. The van der Waals surface area contributed by atoms with Crippen molar-refractivity contribution >= 4 is 30.7 Å². The fourth-order valence-corrected chi connectivity index (χ4v) is 4.33. The van der Waals surface area contributed by atoms with E-state index in [1.54, 1.807) is 23.2 Å². The average Bonchev–Trinajstić information content (AvgIpc) is 3.30. The molecular weight excluding hydrogens is 416 g/mol. The van der Waals surface area contributed by atoms with Crippen LogP contribution in [0.1, 0.15) is 24.8 Å². The molecule has 4 rings (SSSR count). The fraction of sp³-hybridized carbons (Fsp3) is 0.500. The van der Waals surface area contributed by atoms with Crippen molar-refractivity contribution in [2.24, 2.45) is 5.41 Å². The molecule has 2 aliphatic rings. The quantitative estimate of drug-likeness (QED) is 0.678. The van der Waals surface area contributed by atoms with E-state index in [-0.39, 0.29) is 48.0 Å². The number of carbonyl (C=O) groups is 1. The Hall–Kier alpha value is -1.67. The van der Waals surface area contributed by atoms with Gasteiger partial charge in [0.2, 0.25) is 5.91 Å². The number of carbonyl (C=O) groups excluding carboxylic acids is 1. The molecule has 2 aliphatic heterocycles. The maximum Gasteiger partial charge on any atom is 0.239 e. The lowest BCUT2D eigenvalue weighted by molar-refractivity contribution is -0.132. The molecule has 1 spiro atoms. The van der Waals surface area contributed by atoms with Crippen molar-refractivity contribution in [1.29, 1.82) is 0 Å². The summed E-state index contributed by atoms with van der Waals surface area (Å²) in [6.07, 6.45) is 4.90. The zero-order valence-corrected chi connectivity index (χ0v) is 18.0. The van der Waals surface area contributed by atoms with Crippen LogP contribution in [0.4, 0.5) is 4.39 Å². The lowest BCUT2D eigenvalue weighted by Gasteiger charge is -2.33. The molecule has 160 valence electrons. The van der Waals surface area contributed by atoms with Crippen molar-refractivity contribution in [3.63, 3.8) is 0 Å². The van der Waals surface area contributed by atoms with Crippen LogP contribution in [0.25, 0.3) is 11.3 Å². The van der Waals surface area contributed by atoms with Gasteiger partial charge in [-0.25, -0.2) is 4.39 Å². The molecule has 0 bridgehead atoms. The summed E-state index contributed by atoms with van der Waals surface area (Å²) in [4.78, 5) is 14.7. The highest BCUT2D eigenvalue weighted by Crippen LogP contribution is 2.37. The molecule has 1 amide bonds. The van der Waals surface area contributed by atoms with Gasteiger partial charge in [-0.3, -0.25) is 9.89 Å². The summed E-state index contributed by atoms with van der Waals surface area (Å²) in [6.45, 7) is 3.46. The van der Waals surface area contributed by atoms with Gasteiger partial charge in [-0.1, -0.05) is 0 Å². The molecule has 1 aromatic carbocycles. The van der Waals surface area contributed by atoms with E-state index in [1.165, 1.54) is 12.1 Å². The number of nitrogens with zero attached hydrogens (tertiary/aromatic N) is 2. The van der Waals surface area contributed by atoms with E-state index in [2.05, 4.69) is 20.8 Å².